The minimum Gasteiger partial charge on any atom is -0.389 e. The Morgan fingerprint density at radius 2 is 2.00 bits per heavy atom. The van der Waals surface area contributed by atoms with Gasteiger partial charge < -0.3 is 10.0 Å². The SMILES string of the molecule is CS[C@]12C(=O)N(C)C(=O)C(=O)N1CC[C@H]2O. The smallest absolute Gasteiger partial charge is 0.318 e. The molecule has 1 N–H and O–H groups in total. The van der Waals surface area contributed by atoms with Crippen molar-refractivity contribution in [1.29, 1.82) is 0 Å². The zero-order valence-corrected chi connectivity index (χ0v) is 9.78. The molecule has 2 aliphatic heterocycles. The van der Waals surface area contributed by atoms with Crippen LogP contribution in [0.1, 0.15) is 6.42 Å². The summed E-state index contributed by atoms with van der Waals surface area (Å²) in [5.74, 6) is -2.06. The van der Waals surface area contributed by atoms with E-state index in [1.807, 2.05) is 0 Å². The number of nitrogens with zero attached hydrogens (tertiary/aromatic N) is 2. The lowest BCUT2D eigenvalue weighted by Gasteiger charge is -2.42. The second-order valence-electron chi connectivity index (χ2n) is 3.83. The molecule has 2 rings (SSSR count). The zero-order valence-electron chi connectivity index (χ0n) is 8.97. The number of piperazine rings is 1. The maximum absolute atomic E-state index is 12.1. The molecule has 0 aromatic heterocycles. The van der Waals surface area contributed by atoms with Gasteiger partial charge in [-0.25, -0.2) is 0 Å². The van der Waals surface area contributed by atoms with Crippen LogP contribution < -0.4 is 0 Å². The van der Waals surface area contributed by atoms with Crippen LogP contribution in [0.15, 0.2) is 0 Å². The number of amides is 3. The highest BCUT2D eigenvalue weighted by atomic mass is 32.2. The molecule has 0 aliphatic carbocycles. The first-order valence-corrected chi connectivity index (χ1v) is 6.06. The third-order valence-corrected chi connectivity index (χ3v) is 4.42. The van der Waals surface area contributed by atoms with Gasteiger partial charge in [0.05, 0.1) is 6.10 Å². The van der Waals surface area contributed by atoms with Crippen LogP contribution >= 0.6 is 11.8 Å². The predicted octanol–water partition coefficient (Wildman–Crippen LogP) is -1.36. The fourth-order valence-electron chi connectivity index (χ4n) is 2.23. The van der Waals surface area contributed by atoms with Gasteiger partial charge in [-0.3, -0.25) is 19.3 Å². The number of aliphatic hydroxyl groups excluding tert-OH is 1. The van der Waals surface area contributed by atoms with Crippen molar-refractivity contribution in [3.05, 3.63) is 0 Å². The molecule has 2 heterocycles. The van der Waals surface area contributed by atoms with Crippen molar-refractivity contribution in [1.82, 2.24) is 9.80 Å². The molecular weight excluding hydrogens is 232 g/mol. The Bertz CT molecular complexity index is 386. The zero-order chi connectivity index (χ0) is 12.1. The molecule has 0 unspecified atom stereocenters. The van der Waals surface area contributed by atoms with E-state index in [2.05, 4.69) is 0 Å². The van der Waals surface area contributed by atoms with E-state index in [-0.39, 0.29) is 6.54 Å². The Morgan fingerprint density at radius 1 is 1.38 bits per heavy atom. The Balaban J connectivity index is 2.53. The molecule has 0 spiro atoms. The number of fused-ring (bicyclic) bond motifs is 1. The number of hydrogen-bond donors (Lipinski definition) is 1. The van der Waals surface area contributed by atoms with Crippen molar-refractivity contribution >= 4 is 29.5 Å². The normalized spacial score (nSPS) is 34.7. The third-order valence-electron chi connectivity index (χ3n) is 3.13. The van der Waals surface area contributed by atoms with Gasteiger partial charge in [0.25, 0.3) is 5.91 Å². The fraction of sp³-hybridized carbons (Fsp3) is 0.667. The van der Waals surface area contributed by atoms with Gasteiger partial charge in [-0.05, 0) is 12.7 Å². The van der Waals surface area contributed by atoms with Crippen molar-refractivity contribution in [3.8, 4) is 0 Å². The van der Waals surface area contributed by atoms with Crippen LogP contribution in [-0.2, 0) is 14.4 Å². The topological polar surface area (TPSA) is 77.9 Å². The lowest BCUT2D eigenvalue weighted by Crippen LogP contribution is -2.68. The average Bonchev–Trinajstić information content (AvgIpc) is 2.62. The number of imide groups is 1. The van der Waals surface area contributed by atoms with Gasteiger partial charge >= 0.3 is 11.8 Å². The highest BCUT2D eigenvalue weighted by Crippen LogP contribution is 2.42. The highest BCUT2D eigenvalue weighted by Gasteiger charge is 2.62. The lowest BCUT2D eigenvalue weighted by atomic mass is 10.1. The number of thioether (sulfide) groups is 1. The standard InChI is InChI=1S/C9H12N2O4S/c1-10-6(13)7(14)11-4-3-5(12)9(11,16-2)8(10)15/h5,12H,3-4H2,1-2H3/t5-,9-/m1/s1. The van der Waals surface area contributed by atoms with Crippen LogP contribution in [0, 0.1) is 0 Å². The second kappa shape index (κ2) is 3.46. The van der Waals surface area contributed by atoms with E-state index in [9.17, 15) is 19.5 Å². The van der Waals surface area contributed by atoms with Crippen molar-refractivity contribution in [2.24, 2.45) is 0 Å². The number of hydrogen-bond acceptors (Lipinski definition) is 5. The first kappa shape index (κ1) is 11.4. The van der Waals surface area contributed by atoms with E-state index in [4.69, 9.17) is 0 Å². The predicted molar refractivity (Wildman–Crippen MR) is 56.4 cm³/mol. The molecule has 0 aromatic carbocycles. The number of carbonyl (C=O) groups excluding carboxylic acids is 3. The summed E-state index contributed by atoms with van der Waals surface area (Å²) >= 11 is 1.10. The van der Waals surface area contributed by atoms with E-state index in [1.54, 1.807) is 6.26 Å². The fourth-order valence-corrected chi connectivity index (χ4v) is 3.32. The summed E-state index contributed by atoms with van der Waals surface area (Å²) < 4.78 is 0. The molecule has 0 radical (unpaired) electrons. The van der Waals surface area contributed by atoms with Gasteiger partial charge in [-0.15, -0.1) is 11.8 Å². The monoisotopic (exact) mass is 244 g/mol. The number of carbonyl (C=O) groups is 3. The minimum absolute atomic E-state index is 0.242. The molecule has 3 amide bonds. The Labute approximate surface area is 96.6 Å². The Hall–Kier alpha value is -1.08. The Kier molecular flexibility index (Phi) is 2.47. The summed E-state index contributed by atoms with van der Waals surface area (Å²) in [6.07, 6.45) is 1.05. The quantitative estimate of drug-likeness (QED) is 0.455. The van der Waals surface area contributed by atoms with Crippen molar-refractivity contribution < 1.29 is 19.5 Å². The largest absolute Gasteiger partial charge is 0.389 e. The maximum Gasteiger partial charge on any atom is 0.318 e. The Morgan fingerprint density at radius 3 is 2.56 bits per heavy atom. The summed E-state index contributed by atoms with van der Waals surface area (Å²) in [6.45, 7) is 0.242. The van der Waals surface area contributed by atoms with E-state index in [0.29, 0.717) is 6.42 Å². The molecule has 0 bridgehead atoms. The van der Waals surface area contributed by atoms with Crippen LogP contribution in [0.25, 0.3) is 0 Å². The van der Waals surface area contributed by atoms with Crippen molar-refractivity contribution in [2.45, 2.75) is 17.4 Å². The summed E-state index contributed by atoms with van der Waals surface area (Å²) in [7, 11) is 1.27. The van der Waals surface area contributed by atoms with Crippen LogP contribution in [0.4, 0.5) is 0 Å². The van der Waals surface area contributed by atoms with Gasteiger partial charge in [0.2, 0.25) is 0 Å². The summed E-state index contributed by atoms with van der Waals surface area (Å²) in [5, 5.41) is 9.89. The van der Waals surface area contributed by atoms with Gasteiger partial charge in [0.1, 0.15) is 0 Å². The van der Waals surface area contributed by atoms with Gasteiger partial charge in [-0.1, -0.05) is 0 Å². The number of likely N-dealkylation sites (N-methyl/N-ethyl adjacent to an activating group) is 1. The highest BCUT2D eigenvalue weighted by molar-refractivity contribution is 8.00. The average molecular weight is 244 g/mol. The van der Waals surface area contributed by atoms with E-state index in [1.165, 1.54) is 11.9 Å². The molecule has 0 aromatic rings. The van der Waals surface area contributed by atoms with E-state index >= 15 is 0 Å². The van der Waals surface area contributed by atoms with Crippen LogP contribution in [0.3, 0.4) is 0 Å². The molecule has 2 fully saturated rings. The lowest BCUT2D eigenvalue weighted by molar-refractivity contribution is -0.168. The molecule has 0 saturated carbocycles. The molecule has 7 heteroatoms. The van der Waals surface area contributed by atoms with E-state index < -0.39 is 28.7 Å². The van der Waals surface area contributed by atoms with Crippen LogP contribution in [0.5, 0.6) is 0 Å². The molecule has 2 saturated heterocycles. The molecule has 6 nitrogen and oxygen atoms in total. The van der Waals surface area contributed by atoms with E-state index in [0.717, 1.165) is 16.7 Å². The van der Waals surface area contributed by atoms with Crippen molar-refractivity contribution in [2.75, 3.05) is 19.8 Å². The number of rotatable bonds is 1. The first-order valence-electron chi connectivity index (χ1n) is 4.84. The molecule has 88 valence electrons. The summed E-state index contributed by atoms with van der Waals surface area (Å²) in [5.41, 5.74) is 0. The van der Waals surface area contributed by atoms with Crippen LogP contribution in [-0.4, -0.2) is 63.5 Å². The molecular formula is C9H12N2O4S. The van der Waals surface area contributed by atoms with Crippen molar-refractivity contribution in [3.63, 3.8) is 0 Å². The first-order chi connectivity index (χ1) is 7.46. The van der Waals surface area contributed by atoms with Crippen LogP contribution in [0.2, 0.25) is 0 Å². The molecule has 2 aliphatic rings. The van der Waals surface area contributed by atoms with Gasteiger partial charge in [-0.2, -0.15) is 0 Å². The maximum atomic E-state index is 12.1. The minimum atomic E-state index is -1.31. The summed E-state index contributed by atoms with van der Waals surface area (Å²) in [6, 6.07) is 0. The summed E-state index contributed by atoms with van der Waals surface area (Å²) in [4.78, 5) is 35.9. The number of aliphatic hydroxyl groups is 1. The molecule has 16 heavy (non-hydrogen) atoms. The third kappa shape index (κ3) is 1.10. The second-order valence-corrected chi connectivity index (χ2v) is 4.86. The van der Waals surface area contributed by atoms with Gasteiger partial charge in [0, 0.05) is 13.6 Å². The van der Waals surface area contributed by atoms with Gasteiger partial charge in [0.15, 0.2) is 4.87 Å². The molecule has 2 atom stereocenters.